The number of benzene rings is 3. The third kappa shape index (κ3) is 7.07. The number of hydrogen-bond acceptors (Lipinski definition) is 6. The molecule has 0 radical (unpaired) electrons. The summed E-state index contributed by atoms with van der Waals surface area (Å²) >= 11 is 0. The summed E-state index contributed by atoms with van der Waals surface area (Å²) in [4.78, 5) is 36.9. The molecular weight excluding hydrogens is 467 g/mol. The standard InChI is InChI=1S/C25H20F3NO6/c1-16(30)34-21-11-3-17(4-12-21)15-29(23(31)24(32)33-2)20-9-5-18(6-10-20)19-7-13-22(14-8-19)35-25(26,27)28/h3-14H,15H2,1-2H3. The van der Waals surface area contributed by atoms with E-state index in [4.69, 9.17) is 4.74 Å². The van der Waals surface area contributed by atoms with E-state index in [1.807, 2.05) is 0 Å². The average Bonchev–Trinajstić information content (AvgIpc) is 2.82. The maximum absolute atomic E-state index is 12.7. The number of halogens is 3. The number of rotatable bonds is 6. The second-order valence-corrected chi connectivity index (χ2v) is 7.24. The summed E-state index contributed by atoms with van der Waals surface area (Å²) in [7, 11) is 1.10. The van der Waals surface area contributed by atoms with Crippen LogP contribution in [-0.4, -0.2) is 31.3 Å². The predicted molar refractivity (Wildman–Crippen MR) is 120 cm³/mol. The molecule has 1 amide bonds. The number of esters is 2. The van der Waals surface area contributed by atoms with Crippen molar-refractivity contribution in [2.24, 2.45) is 0 Å². The fourth-order valence-electron chi connectivity index (χ4n) is 3.17. The van der Waals surface area contributed by atoms with Gasteiger partial charge in [0, 0.05) is 12.6 Å². The Bertz CT molecular complexity index is 1190. The Kier molecular flexibility index (Phi) is 7.75. The highest BCUT2D eigenvalue weighted by molar-refractivity contribution is 6.38. The number of methoxy groups -OCH3 is 1. The van der Waals surface area contributed by atoms with Crippen LogP contribution in [-0.2, 0) is 25.7 Å². The fraction of sp³-hybridized carbons (Fsp3) is 0.160. The highest BCUT2D eigenvalue weighted by Crippen LogP contribution is 2.28. The first-order valence-corrected chi connectivity index (χ1v) is 10.2. The summed E-state index contributed by atoms with van der Waals surface area (Å²) in [6.07, 6.45) is -4.78. The number of carbonyl (C=O) groups excluding carboxylic acids is 3. The smallest absolute Gasteiger partial charge is 0.462 e. The first-order chi connectivity index (χ1) is 16.6. The van der Waals surface area contributed by atoms with Crippen molar-refractivity contribution in [3.63, 3.8) is 0 Å². The van der Waals surface area contributed by atoms with Gasteiger partial charge in [-0.1, -0.05) is 36.4 Å². The van der Waals surface area contributed by atoms with E-state index in [1.54, 1.807) is 48.5 Å². The highest BCUT2D eigenvalue weighted by Gasteiger charge is 2.31. The largest absolute Gasteiger partial charge is 0.573 e. The van der Waals surface area contributed by atoms with Crippen LogP contribution in [0, 0.1) is 0 Å². The number of hydrogen-bond donors (Lipinski definition) is 0. The lowest BCUT2D eigenvalue weighted by atomic mass is 10.0. The lowest BCUT2D eigenvalue weighted by Gasteiger charge is -2.22. The van der Waals surface area contributed by atoms with Crippen LogP contribution in [0.3, 0.4) is 0 Å². The number of amides is 1. The Morgan fingerprint density at radius 2 is 1.31 bits per heavy atom. The van der Waals surface area contributed by atoms with Gasteiger partial charge in [0.1, 0.15) is 11.5 Å². The summed E-state index contributed by atoms with van der Waals surface area (Å²) in [6, 6.07) is 18.3. The van der Waals surface area contributed by atoms with Gasteiger partial charge in [-0.15, -0.1) is 13.2 Å². The van der Waals surface area contributed by atoms with Crippen LogP contribution in [0.1, 0.15) is 12.5 Å². The number of anilines is 1. The van der Waals surface area contributed by atoms with Crippen molar-refractivity contribution in [3.05, 3.63) is 78.4 Å². The van der Waals surface area contributed by atoms with Crippen molar-refractivity contribution < 1.29 is 41.8 Å². The van der Waals surface area contributed by atoms with Gasteiger partial charge >= 0.3 is 24.2 Å². The minimum absolute atomic E-state index is 0.0249. The van der Waals surface area contributed by atoms with Gasteiger partial charge in [0.15, 0.2) is 0 Å². The van der Waals surface area contributed by atoms with E-state index in [2.05, 4.69) is 9.47 Å². The van der Waals surface area contributed by atoms with E-state index < -0.39 is 24.2 Å². The normalized spacial score (nSPS) is 10.9. The van der Waals surface area contributed by atoms with Crippen LogP contribution in [0.2, 0.25) is 0 Å². The van der Waals surface area contributed by atoms with Crippen molar-refractivity contribution in [3.8, 4) is 22.6 Å². The molecule has 0 heterocycles. The first kappa shape index (κ1) is 25.3. The van der Waals surface area contributed by atoms with Gasteiger partial charge in [-0.25, -0.2) is 4.79 Å². The molecule has 0 unspecified atom stereocenters. The molecule has 0 spiro atoms. The summed E-state index contributed by atoms with van der Waals surface area (Å²) in [5.41, 5.74) is 2.34. The molecule has 7 nitrogen and oxygen atoms in total. The van der Waals surface area contributed by atoms with Crippen molar-refractivity contribution in [2.75, 3.05) is 12.0 Å². The molecule has 35 heavy (non-hydrogen) atoms. The minimum atomic E-state index is -4.78. The number of carbonyl (C=O) groups is 3. The van der Waals surface area contributed by atoms with Gasteiger partial charge in [-0.3, -0.25) is 14.5 Å². The summed E-state index contributed by atoms with van der Waals surface area (Å²) < 4.78 is 50.5. The molecule has 0 saturated carbocycles. The van der Waals surface area contributed by atoms with Gasteiger partial charge in [-0.2, -0.15) is 0 Å². The molecule has 0 aliphatic carbocycles. The van der Waals surface area contributed by atoms with E-state index >= 15 is 0 Å². The lowest BCUT2D eigenvalue weighted by Crippen LogP contribution is -2.36. The molecule has 0 atom stereocenters. The Labute approximate surface area is 198 Å². The average molecular weight is 487 g/mol. The zero-order valence-corrected chi connectivity index (χ0v) is 18.7. The van der Waals surface area contributed by atoms with Crippen LogP contribution >= 0.6 is 0 Å². The Morgan fingerprint density at radius 3 is 1.80 bits per heavy atom. The molecule has 10 heteroatoms. The Morgan fingerprint density at radius 1 is 0.800 bits per heavy atom. The van der Waals surface area contributed by atoms with Crippen LogP contribution in [0.25, 0.3) is 11.1 Å². The number of ether oxygens (including phenoxy) is 3. The lowest BCUT2D eigenvalue weighted by molar-refractivity contribution is -0.274. The van der Waals surface area contributed by atoms with E-state index in [0.29, 0.717) is 28.1 Å². The van der Waals surface area contributed by atoms with Gasteiger partial charge in [-0.05, 0) is 53.1 Å². The number of nitrogens with zero attached hydrogens (tertiary/aromatic N) is 1. The minimum Gasteiger partial charge on any atom is -0.462 e. The molecule has 0 saturated heterocycles. The third-order valence-electron chi connectivity index (χ3n) is 4.73. The van der Waals surface area contributed by atoms with Gasteiger partial charge < -0.3 is 14.2 Å². The monoisotopic (exact) mass is 487 g/mol. The van der Waals surface area contributed by atoms with Crippen LogP contribution in [0.5, 0.6) is 11.5 Å². The maximum Gasteiger partial charge on any atom is 0.573 e. The second kappa shape index (κ2) is 10.7. The van der Waals surface area contributed by atoms with Gasteiger partial charge in [0.25, 0.3) is 0 Å². The quantitative estimate of drug-likeness (QED) is 0.280. The van der Waals surface area contributed by atoms with E-state index in [9.17, 15) is 27.6 Å². The van der Waals surface area contributed by atoms with Crippen LogP contribution in [0.4, 0.5) is 18.9 Å². The first-order valence-electron chi connectivity index (χ1n) is 10.2. The molecule has 3 aromatic rings. The summed E-state index contributed by atoms with van der Waals surface area (Å²) in [5, 5.41) is 0. The van der Waals surface area contributed by atoms with E-state index in [0.717, 1.165) is 7.11 Å². The van der Waals surface area contributed by atoms with Gasteiger partial charge in [0.2, 0.25) is 0 Å². The zero-order valence-electron chi connectivity index (χ0n) is 18.7. The van der Waals surface area contributed by atoms with E-state index in [1.165, 1.54) is 36.1 Å². The molecule has 0 aromatic heterocycles. The van der Waals surface area contributed by atoms with Crippen molar-refractivity contribution in [1.29, 1.82) is 0 Å². The van der Waals surface area contributed by atoms with Crippen molar-refractivity contribution in [1.82, 2.24) is 0 Å². The summed E-state index contributed by atoms with van der Waals surface area (Å²) in [6.45, 7) is 1.30. The zero-order chi connectivity index (χ0) is 25.6. The topological polar surface area (TPSA) is 82.1 Å². The molecule has 3 aromatic carbocycles. The fourth-order valence-corrected chi connectivity index (χ4v) is 3.17. The van der Waals surface area contributed by atoms with Gasteiger partial charge in [0.05, 0.1) is 13.7 Å². The van der Waals surface area contributed by atoms with Crippen molar-refractivity contribution >= 4 is 23.5 Å². The predicted octanol–water partition coefficient (Wildman–Crippen LogP) is 4.88. The van der Waals surface area contributed by atoms with Crippen molar-refractivity contribution in [2.45, 2.75) is 19.8 Å². The maximum atomic E-state index is 12.7. The Hall–Kier alpha value is -4.34. The molecule has 0 fully saturated rings. The summed E-state index contributed by atoms with van der Waals surface area (Å²) in [5.74, 6) is -2.41. The molecule has 3 rings (SSSR count). The third-order valence-corrected chi connectivity index (χ3v) is 4.73. The molecule has 182 valence electrons. The molecule has 0 aliphatic heterocycles. The second-order valence-electron chi connectivity index (χ2n) is 7.24. The molecule has 0 aliphatic rings. The van der Waals surface area contributed by atoms with E-state index in [-0.39, 0.29) is 12.3 Å². The molecule has 0 N–H and O–H groups in total. The number of alkyl halides is 3. The SMILES string of the molecule is COC(=O)C(=O)N(Cc1ccc(OC(C)=O)cc1)c1ccc(-c2ccc(OC(F)(F)F)cc2)cc1. The van der Waals surface area contributed by atoms with Crippen LogP contribution < -0.4 is 14.4 Å². The Balaban J connectivity index is 1.82. The highest BCUT2D eigenvalue weighted by atomic mass is 19.4. The molecular formula is C25H20F3NO6. The van der Waals surface area contributed by atoms with Crippen LogP contribution in [0.15, 0.2) is 72.8 Å². The molecule has 0 bridgehead atoms.